The third kappa shape index (κ3) is 4.51. The summed E-state index contributed by atoms with van der Waals surface area (Å²) >= 11 is 0. The first-order valence-corrected chi connectivity index (χ1v) is 4.88. The van der Waals surface area contributed by atoms with E-state index < -0.39 is 0 Å². The second-order valence-electron chi connectivity index (χ2n) is 3.50. The van der Waals surface area contributed by atoms with E-state index in [1.165, 1.54) is 6.07 Å². The normalized spacial score (nSPS) is 11.4. The summed E-state index contributed by atoms with van der Waals surface area (Å²) in [6.07, 6.45) is 0. The maximum atomic E-state index is 11.6. The van der Waals surface area contributed by atoms with Crippen molar-refractivity contribution in [2.24, 2.45) is 5.92 Å². The number of anilines is 1. The third-order valence-corrected chi connectivity index (χ3v) is 2.07. The van der Waals surface area contributed by atoms with Gasteiger partial charge in [0.1, 0.15) is 5.75 Å². The van der Waals surface area contributed by atoms with E-state index in [0.717, 1.165) is 0 Å². The van der Waals surface area contributed by atoms with Crippen molar-refractivity contribution in [2.75, 3.05) is 18.9 Å². The number of nitrogens with one attached hydrogen (secondary N) is 2. The molecule has 3 N–H and O–H groups in total. The summed E-state index contributed by atoms with van der Waals surface area (Å²) < 4.78 is 0. The van der Waals surface area contributed by atoms with Gasteiger partial charge in [0.05, 0.1) is 0 Å². The first-order chi connectivity index (χ1) is 7.13. The number of benzene rings is 1. The van der Waals surface area contributed by atoms with E-state index in [1.54, 1.807) is 25.2 Å². The van der Waals surface area contributed by atoms with Crippen molar-refractivity contribution in [3.05, 3.63) is 24.3 Å². The minimum atomic E-state index is -0.0997. The fraction of sp³-hybridized carbons (Fsp3) is 0.364. The molecule has 0 saturated carbocycles. The van der Waals surface area contributed by atoms with E-state index in [0.29, 0.717) is 12.2 Å². The van der Waals surface area contributed by atoms with Gasteiger partial charge in [-0.05, 0) is 19.2 Å². The first kappa shape index (κ1) is 14.7. The van der Waals surface area contributed by atoms with Gasteiger partial charge in [0.2, 0.25) is 5.91 Å². The quantitative estimate of drug-likeness (QED) is 0.754. The highest BCUT2D eigenvalue weighted by atomic mass is 35.5. The molecule has 0 aliphatic rings. The summed E-state index contributed by atoms with van der Waals surface area (Å²) in [5, 5.41) is 14.9. The van der Waals surface area contributed by atoms with E-state index in [-0.39, 0.29) is 30.0 Å². The lowest BCUT2D eigenvalue weighted by Gasteiger charge is -2.11. The van der Waals surface area contributed by atoms with Crippen LogP contribution in [-0.4, -0.2) is 24.6 Å². The van der Waals surface area contributed by atoms with Gasteiger partial charge >= 0.3 is 0 Å². The van der Waals surface area contributed by atoms with Crippen LogP contribution in [0.2, 0.25) is 0 Å². The Morgan fingerprint density at radius 3 is 2.75 bits per heavy atom. The zero-order valence-corrected chi connectivity index (χ0v) is 10.2. The van der Waals surface area contributed by atoms with Crippen LogP contribution in [0.4, 0.5) is 5.69 Å². The van der Waals surface area contributed by atoms with Crippen LogP contribution >= 0.6 is 12.4 Å². The lowest BCUT2D eigenvalue weighted by atomic mass is 10.1. The second kappa shape index (κ2) is 7.09. The number of rotatable bonds is 4. The zero-order valence-electron chi connectivity index (χ0n) is 9.36. The molecule has 0 aliphatic carbocycles. The van der Waals surface area contributed by atoms with Crippen molar-refractivity contribution in [2.45, 2.75) is 6.92 Å². The molecule has 5 heteroatoms. The number of carbonyl (C=O) groups is 1. The van der Waals surface area contributed by atoms with Gasteiger partial charge in [-0.3, -0.25) is 4.79 Å². The van der Waals surface area contributed by atoms with Gasteiger partial charge in [-0.15, -0.1) is 12.4 Å². The number of phenolic OH excluding ortho intramolecular Hbond substituents is 1. The van der Waals surface area contributed by atoms with Gasteiger partial charge in [0, 0.05) is 24.2 Å². The molecule has 1 rings (SSSR count). The number of hydrogen-bond donors (Lipinski definition) is 3. The Labute approximate surface area is 101 Å². The zero-order chi connectivity index (χ0) is 11.3. The standard InChI is InChI=1S/C11H16N2O2.ClH/c1-8(7-12-2)11(15)13-9-4-3-5-10(14)6-9;/h3-6,8,12,14H,7H2,1-2H3,(H,13,15);1H. The Hall–Kier alpha value is -1.26. The average molecular weight is 245 g/mol. The molecular formula is C11H17ClN2O2. The summed E-state index contributed by atoms with van der Waals surface area (Å²) in [5.41, 5.74) is 0.614. The van der Waals surface area contributed by atoms with Crippen LogP contribution in [0.3, 0.4) is 0 Å². The Bertz CT molecular complexity index is 345. The van der Waals surface area contributed by atoms with E-state index in [1.807, 2.05) is 6.92 Å². The van der Waals surface area contributed by atoms with Crippen LogP contribution in [0.1, 0.15) is 6.92 Å². The smallest absolute Gasteiger partial charge is 0.228 e. The van der Waals surface area contributed by atoms with Crippen LogP contribution < -0.4 is 10.6 Å². The fourth-order valence-electron chi connectivity index (χ4n) is 1.25. The molecule has 0 radical (unpaired) electrons. The molecule has 1 aromatic carbocycles. The highest BCUT2D eigenvalue weighted by molar-refractivity contribution is 5.92. The summed E-state index contributed by atoms with van der Waals surface area (Å²) in [4.78, 5) is 11.6. The lowest BCUT2D eigenvalue weighted by Crippen LogP contribution is -2.28. The third-order valence-electron chi connectivity index (χ3n) is 2.07. The van der Waals surface area contributed by atoms with Gasteiger partial charge in [-0.25, -0.2) is 0 Å². The van der Waals surface area contributed by atoms with E-state index in [4.69, 9.17) is 0 Å². The molecule has 0 saturated heterocycles. The molecule has 4 nitrogen and oxygen atoms in total. The Balaban J connectivity index is 0.00000225. The largest absolute Gasteiger partial charge is 0.508 e. The lowest BCUT2D eigenvalue weighted by molar-refractivity contribution is -0.119. The Kier molecular flexibility index (Phi) is 6.53. The number of halogens is 1. The SMILES string of the molecule is CNCC(C)C(=O)Nc1cccc(O)c1.Cl. The van der Waals surface area contributed by atoms with Crippen molar-refractivity contribution in [1.29, 1.82) is 0 Å². The number of carbonyl (C=O) groups excluding carboxylic acids is 1. The Morgan fingerprint density at radius 2 is 2.19 bits per heavy atom. The number of amides is 1. The van der Waals surface area contributed by atoms with Gasteiger partial charge < -0.3 is 15.7 Å². The maximum absolute atomic E-state index is 11.6. The molecular weight excluding hydrogens is 228 g/mol. The first-order valence-electron chi connectivity index (χ1n) is 4.88. The predicted molar refractivity (Wildman–Crippen MR) is 67.1 cm³/mol. The van der Waals surface area contributed by atoms with Gasteiger partial charge in [0.25, 0.3) is 0 Å². The molecule has 0 aliphatic heterocycles. The molecule has 1 aromatic rings. The van der Waals surface area contributed by atoms with Crippen molar-refractivity contribution in [3.63, 3.8) is 0 Å². The van der Waals surface area contributed by atoms with Crippen LogP contribution in [0, 0.1) is 5.92 Å². The fourth-order valence-corrected chi connectivity index (χ4v) is 1.25. The van der Waals surface area contributed by atoms with E-state index in [9.17, 15) is 9.90 Å². The second-order valence-corrected chi connectivity index (χ2v) is 3.50. The van der Waals surface area contributed by atoms with Crippen molar-refractivity contribution in [1.82, 2.24) is 5.32 Å². The molecule has 0 spiro atoms. The van der Waals surface area contributed by atoms with Crippen LogP contribution in [-0.2, 0) is 4.79 Å². The maximum Gasteiger partial charge on any atom is 0.228 e. The van der Waals surface area contributed by atoms with Gasteiger partial charge in [0.15, 0.2) is 0 Å². The summed E-state index contributed by atoms with van der Waals surface area (Å²) in [5.74, 6) is -0.0126. The van der Waals surface area contributed by atoms with Crippen molar-refractivity contribution in [3.8, 4) is 5.75 Å². The van der Waals surface area contributed by atoms with Crippen molar-refractivity contribution < 1.29 is 9.90 Å². The molecule has 0 fully saturated rings. The highest BCUT2D eigenvalue weighted by Gasteiger charge is 2.11. The minimum absolute atomic E-state index is 0. The molecule has 0 bridgehead atoms. The molecule has 1 atom stereocenters. The van der Waals surface area contributed by atoms with E-state index in [2.05, 4.69) is 10.6 Å². The summed E-state index contributed by atoms with van der Waals surface area (Å²) in [7, 11) is 1.80. The predicted octanol–water partition coefficient (Wildman–Crippen LogP) is 1.61. The van der Waals surface area contributed by atoms with Crippen molar-refractivity contribution >= 4 is 24.0 Å². The molecule has 1 unspecified atom stereocenters. The Morgan fingerprint density at radius 1 is 1.50 bits per heavy atom. The summed E-state index contributed by atoms with van der Waals surface area (Å²) in [6, 6.07) is 6.51. The topological polar surface area (TPSA) is 61.4 Å². The number of aromatic hydroxyl groups is 1. The van der Waals surface area contributed by atoms with Crippen LogP contribution in [0.5, 0.6) is 5.75 Å². The number of phenols is 1. The van der Waals surface area contributed by atoms with Crippen LogP contribution in [0.25, 0.3) is 0 Å². The minimum Gasteiger partial charge on any atom is -0.508 e. The average Bonchev–Trinajstić information content (AvgIpc) is 2.18. The number of hydrogen-bond acceptors (Lipinski definition) is 3. The molecule has 1 amide bonds. The van der Waals surface area contributed by atoms with E-state index >= 15 is 0 Å². The van der Waals surface area contributed by atoms with Crippen LogP contribution in [0.15, 0.2) is 24.3 Å². The summed E-state index contributed by atoms with van der Waals surface area (Å²) in [6.45, 7) is 2.47. The molecule has 90 valence electrons. The van der Waals surface area contributed by atoms with Gasteiger partial charge in [-0.2, -0.15) is 0 Å². The highest BCUT2D eigenvalue weighted by Crippen LogP contribution is 2.15. The molecule has 0 aromatic heterocycles. The molecule has 0 heterocycles. The molecule has 16 heavy (non-hydrogen) atoms. The monoisotopic (exact) mass is 244 g/mol. The van der Waals surface area contributed by atoms with Gasteiger partial charge in [-0.1, -0.05) is 13.0 Å².